The van der Waals surface area contributed by atoms with Gasteiger partial charge in [0.05, 0.1) is 5.69 Å². The number of nitrogens with one attached hydrogen (secondary N) is 1. The van der Waals surface area contributed by atoms with Gasteiger partial charge in [-0.05, 0) is 30.5 Å². The second-order valence-electron chi connectivity index (χ2n) is 6.48. The molecule has 0 saturated heterocycles. The molecule has 1 aromatic carbocycles. The molecule has 1 N–H and O–H groups in total. The zero-order valence-corrected chi connectivity index (χ0v) is 19.9. The van der Waals surface area contributed by atoms with Crippen LogP contribution in [0.15, 0.2) is 29.3 Å². The van der Waals surface area contributed by atoms with Crippen LogP contribution in [0.3, 0.4) is 0 Å². The normalized spacial score (nSPS) is 11.4. The largest absolute Gasteiger partial charge is 0.435 e. The summed E-state index contributed by atoms with van der Waals surface area (Å²) in [5.41, 5.74) is 4.50. The molecule has 0 saturated carbocycles. The standard InChI is InChI=1S/C20H29F2N5O.HI/c1-6-17-16(18(7-2)27(5)25-17)12-24-20(23-3)26(4)13-14-8-10-15(11-9-14)28-19(21)22;/h8-11,19H,6-7,12-13H2,1-5H3,(H,23,24);1H. The molecular formula is C20H30F2IN5O. The molecule has 0 atom stereocenters. The lowest BCUT2D eigenvalue weighted by Crippen LogP contribution is -2.38. The number of nitrogens with zero attached hydrogens (tertiary/aromatic N) is 4. The molecule has 0 aliphatic carbocycles. The number of benzene rings is 1. The molecule has 0 aliphatic heterocycles. The fourth-order valence-electron chi connectivity index (χ4n) is 3.27. The first-order chi connectivity index (χ1) is 13.4. The maximum atomic E-state index is 12.3. The molecule has 2 aromatic rings. The average molecular weight is 521 g/mol. The minimum Gasteiger partial charge on any atom is -0.435 e. The molecule has 2 rings (SSSR count). The van der Waals surface area contributed by atoms with E-state index in [1.165, 1.54) is 11.3 Å². The lowest BCUT2D eigenvalue weighted by atomic mass is 10.1. The van der Waals surface area contributed by atoms with Crippen LogP contribution in [0.4, 0.5) is 8.78 Å². The highest BCUT2D eigenvalue weighted by Gasteiger charge is 2.15. The van der Waals surface area contributed by atoms with Crippen molar-refractivity contribution in [2.75, 3.05) is 14.1 Å². The highest BCUT2D eigenvalue weighted by molar-refractivity contribution is 14.0. The number of aliphatic imine (C=N–C) groups is 1. The molecule has 0 radical (unpaired) electrons. The number of aryl methyl sites for hydroxylation is 2. The van der Waals surface area contributed by atoms with Gasteiger partial charge in [0.15, 0.2) is 5.96 Å². The Bertz CT molecular complexity index is 793. The molecule has 0 fully saturated rings. The molecule has 0 spiro atoms. The second-order valence-corrected chi connectivity index (χ2v) is 6.48. The van der Waals surface area contributed by atoms with Crippen molar-refractivity contribution in [1.29, 1.82) is 0 Å². The Kier molecular flexibility index (Phi) is 10.3. The third-order valence-electron chi connectivity index (χ3n) is 4.59. The van der Waals surface area contributed by atoms with Gasteiger partial charge in [-0.3, -0.25) is 9.67 Å². The molecule has 0 aliphatic rings. The van der Waals surface area contributed by atoms with Crippen LogP contribution in [0.5, 0.6) is 5.75 Å². The smallest absolute Gasteiger partial charge is 0.387 e. The minimum absolute atomic E-state index is 0. The van der Waals surface area contributed by atoms with Crippen molar-refractivity contribution < 1.29 is 13.5 Å². The lowest BCUT2D eigenvalue weighted by molar-refractivity contribution is -0.0498. The molecular weight excluding hydrogens is 491 g/mol. The quantitative estimate of drug-likeness (QED) is 0.325. The predicted octanol–water partition coefficient (Wildman–Crippen LogP) is 3.97. The number of halogens is 3. The first kappa shape index (κ1) is 25.1. The second kappa shape index (κ2) is 11.9. The predicted molar refractivity (Wildman–Crippen MR) is 122 cm³/mol. The Morgan fingerprint density at radius 2 is 1.90 bits per heavy atom. The van der Waals surface area contributed by atoms with E-state index in [1.807, 2.05) is 23.7 Å². The van der Waals surface area contributed by atoms with Gasteiger partial charge in [0.1, 0.15) is 5.75 Å². The monoisotopic (exact) mass is 521 g/mol. The maximum Gasteiger partial charge on any atom is 0.387 e. The molecule has 162 valence electrons. The van der Waals surface area contributed by atoms with Crippen LogP contribution in [0.1, 0.15) is 36.4 Å². The summed E-state index contributed by atoms with van der Waals surface area (Å²) in [6.45, 7) is 2.65. The summed E-state index contributed by atoms with van der Waals surface area (Å²) < 4.78 is 30.8. The van der Waals surface area contributed by atoms with Crippen molar-refractivity contribution in [1.82, 2.24) is 20.0 Å². The lowest BCUT2D eigenvalue weighted by Gasteiger charge is -2.22. The molecule has 0 bridgehead atoms. The Morgan fingerprint density at radius 3 is 2.41 bits per heavy atom. The molecule has 1 aromatic heterocycles. The summed E-state index contributed by atoms with van der Waals surface area (Å²) in [6, 6.07) is 6.63. The van der Waals surface area contributed by atoms with Gasteiger partial charge in [-0.1, -0.05) is 26.0 Å². The summed E-state index contributed by atoms with van der Waals surface area (Å²) in [5, 5.41) is 8.01. The topological polar surface area (TPSA) is 54.7 Å². The molecule has 9 heteroatoms. The van der Waals surface area contributed by atoms with E-state index in [-0.39, 0.29) is 29.7 Å². The highest BCUT2D eigenvalue weighted by Crippen LogP contribution is 2.17. The molecule has 29 heavy (non-hydrogen) atoms. The van der Waals surface area contributed by atoms with Gasteiger partial charge in [0.25, 0.3) is 0 Å². The Hall–Kier alpha value is -1.91. The van der Waals surface area contributed by atoms with Crippen LogP contribution in [0.25, 0.3) is 0 Å². The van der Waals surface area contributed by atoms with Crippen molar-refractivity contribution in [2.45, 2.75) is 46.4 Å². The molecule has 0 unspecified atom stereocenters. The van der Waals surface area contributed by atoms with Crippen LogP contribution in [0, 0.1) is 0 Å². The molecule has 1 heterocycles. The van der Waals surface area contributed by atoms with Crippen molar-refractivity contribution >= 4 is 29.9 Å². The van der Waals surface area contributed by atoms with E-state index < -0.39 is 6.61 Å². The van der Waals surface area contributed by atoms with Gasteiger partial charge in [-0.2, -0.15) is 13.9 Å². The number of ether oxygens (including phenoxy) is 1. The van der Waals surface area contributed by atoms with E-state index in [4.69, 9.17) is 0 Å². The van der Waals surface area contributed by atoms with Crippen molar-refractivity contribution in [2.24, 2.45) is 12.0 Å². The Balaban J connectivity index is 0.00000420. The van der Waals surface area contributed by atoms with Gasteiger partial charge in [0, 0.05) is 45.5 Å². The third kappa shape index (κ3) is 6.83. The summed E-state index contributed by atoms with van der Waals surface area (Å²) in [5.74, 6) is 0.903. The van der Waals surface area contributed by atoms with Crippen LogP contribution >= 0.6 is 24.0 Å². The molecule has 0 amide bonds. The number of alkyl halides is 2. The minimum atomic E-state index is -2.81. The SMILES string of the molecule is CCc1nn(C)c(CC)c1CNC(=NC)N(C)Cc1ccc(OC(F)F)cc1.I. The van der Waals surface area contributed by atoms with E-state index in [0.29, 0.717) is 13.1 Å². The van der Waals surface area contributed by atoms with E-state index in [0.717, 1.165) is 30.1 Å². The number of rotatable bonds is 8. The number of hydrogen-bond donors (Lipinski definition) is 1. The van der Waals surface area contributed by atoms with Crippen LogP contribution in [-0.2, 0) is 33.0 Å². The van der Waals surface area contributed by atoms with Crippen molar-refractivity contribution in [3.63, 3.8) is 0 Å². The fraction of sp³-hybridized carbons (Fsp3) is 0.500. The van der Waals surface area contributed by atoms with E-state index in [1.54, 1.807) is 31.3 Å². The van der Waals surface area contributed by atoms with Crippen molar-refractivity contribution in [3.8, 4) is 5.75 Å². The van der Waals surface area contributed by atoms with Crippen LogP contribution < -0.4 is 10.1 Å². The first-order valence-electron chi connectivity index (χ1n) is 9.38. The molecule has 6 nitrogen and oxygen atoms in total. The zero-order valence-electron chi connectivity index (χ0n) is 17.6. The van der Waals surface area contributed by atoms with Gasteiger partial charge in [0.2, 0.25) is 0 Å². The van der Waals surface area contributed by atoms with Gasteiger partial charge in [-0.25, -0.2) is 0 Å². The van der Waals surface area contributed by atoms with Gasteiger partial charge >= 0.3 is 6.61 Å². The van der Waals surface area contributed by atoms with Gasteiger partial charge < -0.3 is 15.0 Å². The number of aromatic nitrogens is 2. The van der Waals surface area contributed by atoms with Crippen molar-refractivity contribution in [3.05, 3.63) is 46.8 Å². The van der Waals surface area contributed by atoms with Crippen LogP contribution in [-0.4, -0.2) is 41.3 Å². The number of hydrogen-bond acceptors (Lipinski definition) is 3. The average Bonchev–Trinajstić information content (AvgIpc) is 2.98. The van der Waals surface area contributed by atoms with E-state index in [2.05, 4.69) is 34.0 Å². The highest BCUT2D eigenvalue weighted by atomic mass is 127. The Labute approximate surface area is 188 Å². The number of guanidine groups is 1. The summed E-state index contributed by atoms with van der Waals surface area (Å²) in [7, 11) is 5.65. The summed E-state index contributed by atoms with van der Waals surface area (Å²) in [6.07, 6.45) is 1.80. The first-order valence-corrected chi connectivity index (χ1v) is 9.38. The maximum absolute atomic E-state index is 12.3. The van der Waals surface area contributed by atoms with Gasteiger partial charge in [-0.15, -0.1) is 24.0 Å². The fourth-order valence-corrected chi connectivity index (χ4v) is 3.27. The Morgan fingerprint density at radius 1 is 1.24 bits per heavy atom. The summed E-state index contributed by atoms with van der Waals surface area (Å²) in [4.78, 5) is 6.34. The zero-order chi connectivity index (χ0) is 20.7. The van der Waals surface area contributed by atoms with Crippen LogP contribution in [0.2, 0.25) is 0 Å². The summed E-state index contributed by atoms with van der Waals surface area (Å²) >= 11 is 0. The van der Waals surface area contributed by atoms with E-state index >= 15 is 0 Å². The third-order valence-corrected chi connectivity index (χ3v) is 4.59. The van der Waals surface area contributed by atoms with E-state index in [9.17, 15) is 8.78 Å².